The second-order valence-electron chi connectivity index (χ2n) is 6.77. The third-order valence-electron chi connectivity index (χ3n) is 5.07. The molecule has 4 rings (SSSR count). The Balaban J connectivity index is 1.40. The van der Waals surface area contributed by atoms with Crippen LogP contribution in [0.3, 0.4) is 0 Å². The van der Waals surface area contributed by atoms with Crippen LogP contribution in [0.1, 0.15) is 16.1 Å². The molecule has 1 amide bonds. The molecule has 24 heavy (non-hydrogen) atoms. The lowest BCUT2D eigenvalue weighted by atomic mass is 9.81. The van der Waals surface area contributed by atoms with E-state index in [4.69, 9.17) is 9.15 Å². The number of hydrogen-bond acceptors (Lipinski definition) is 5. The van der Waals surface area contributed by atoms with Crippen LogP contribution in [0.25, 0.3) is 0 Å². The van der Waals surface area contributed by atoms with E-state index in [0.29, 0.717) is 24.8 Å². The van der Waals surface area contributed by atoms with Gasteiger partial charge in [-0.25, -0.2) is 0 Å². The van der Waals surface area contributed by atoms with E-state index >= 15 is 0 Å². The predicted molar refractivity (Wildman–Crippen MR) is 87.3 cm³/mol. The summed E-state index contributed by atoms with van der Waals surface area (Å²) in [7, 11) is 0. The molecule has 126 valence electrons. The lowest BCUT2D eigenvalue weighted by molar-refractivity contribution is 0.0878. The van der Waals surface area contributed by atoms with Gasteiger partial charge in [-0.1, -0.05) is 6.07 Å². The van der Waals surface area contributed by atoms with Gasteiger partial charge in [0.15, 0.2) is 5.76 Å². The SMILES string of the molecule is O=C(NC[C@@]12COC[C@@H]1CN(Cc1cccnc1)C2)c1ccco1. The lowest BCUT2D eigenvalue weighted by Crippen LogP contribution is -2.43. The maximum Gasteiger partial charge on any atom is 0.286 e. The van der Waals surface area contributed by atoms with Crippen LogP contribution in [-0.2, 0) is 11.3 Å². The molecule has 0 bridgehead atoms. The molecule has 0 aromatic carbocycles. The predicted octanol–water partition coefficient (Wildman–Crippen LogP) is 1.55. The van der Waals surface area contributed by atoms with Gasteiger partial charge in [-0.2, -0.15) is 0 Å². The van der Waals surface area contributed by atoms with Crippen LogP contribution < -0.4 is 5.32 Å². The molecule has 2 aromatic rings. The highest BCUT2D eigenvalue weighted by Crippen LogP contribution is 2.41. The van der Waals surface area contributed by atoms with Gasteiger partial charge in [0.05, 0.1) is 19.5 Å². The van der Waals surface area contributed by atoms with Crippen LogP contribution in [0.15, 0.2) is 47.3 Å². The van der Waals surface area contributed by atoms with Gasteiger partial charge in [0, 0.05) is 49.9 Å². The first-order valence-corrected chi connectivity index (χ1v) is 8.26. The van der Waals surface area contributed by atoms with Crippen LogP contribution in [0, 0.1) is 11.3 Å². The summed E-state index contributed by atoms with van der Waals surface area (Å²) >= 11 is 0. The first kappa shape index (κ1) is 15.4. The second-order valence-corrected chi connectivity index (χ2v) is 6.77. The van der Waals surface area contributed by atoms with E-state index in [1.165, 1.54) is 11.8 Å². The Morgan fingerprint density at radius 1 is 1.42 bits per heavy atom. The summed E-state index contributed by atoms with van der Waals surface area (Å²) in [5.41, 5.74) is 1.21. The van der Waals surface area contributed by atoms with Gasteiger partial charge in [0.1, 0.15) is 0 Å². The molecule has 4 heterocycles. The number of fused-ring (bicyclic) bond motifs is 1. The average Bonchev–Trinajstić information content (AvgIpc) is 3.29. The monoisotopic (exact) mass is 327 g/mol. The number of carbonyl (C=O) groups excluding carboxylic acids is 1. The molecule has 1 N–H and O–H groups in total. The molecular formula is C18H21N3O3. The summed E-state index contributed by atoms with van der Waals surface area (Å²) in [6.07, 6.45) is 5.22. The number of amides is 1. The number of ether oxygens (including phenoxy) is 1. The van der Waals surface area contributed by atoms with Gasteiger partial charge >= 0.3 is 0 Å². The van der Waals surface area contributed by atoms with E-state index in [9.17, 15) is 4.79 Å². The molecule has 2 saturated heterocycles. The number of pyridine rings is 1. The number of nitrogens with one attached hydrogen (secondary N) is 1. The van der Waals surface area contributed by atoms with Crippen molar-refractivity contribution in [3.05, 3.63) is 54.2 Å². The number of carbonyl (C=O) groups is 1. The number of nitrogens with zero attached hydrogens (tertiary/aromatic N) is 2. The summed E-state index contributed by atoms with van der Waals surface area (Å²) < 4.78 is 10.9. The van der Waals surface area contributed by atoms with E-state index in [0.717, 1.165) is 26.2 Å². The average molecular weight is 327 g/mol. The minimum absolute atomic E-state index is 0.00946. The van der Waals surface area contributed by atoms with Crippen molar-refractivity contribution in [2.24, 2.45) is 11.3 Å². The fourth-order valence-corrected chi connectivity index (χ4v) is 3.81. The van der Waals surface area contributed by atoms with Crippen molar-refractivity contribution >= 4 is 5.91 Å². The minimum atomic E-state index is -0.161. The Hall–Kier alpha value is -2.18. The molecule has 0 radical (unpaired) electrons. The van der Waals surface area contributed by atoms with Crippen LogP contribution in [0.5, 0.6) is 0 Å². The van der Waals surface area contributed by atoms with E-state index in [-0.39, 0.29) is 11.3 Å². The molecule has 2 aliphatic heterocycles. The van der Waals surface area contributed by atoms with E-state index in [2.05, 4.69) is 21.3 Å². The summed E-state index contributed by atoms with van der Waals surface area (Å²) in [5.74, 6) is 0.642. The first-order valence-electron chi connectivity index (χ1n) is 8.26. The van der Waals surface area contributed by atoms with Gasteiger partial charge < -0.3 is 14.5 Å². The van der Waals surface area contributed by atoms with Crippen molar-refractivity contribution in [3.63, 3.8) is 0 Å². The summed E-state index contributed by atoms with van der Waals surface area (Å²) in [4.78, 5) is 18.8. The largest absolute Gasteiger partial charge is 0.459 e. The van der Waals surface area contributed by atoms with Gasteiger partial charge in [0.25, 0.3) is 5.91 Å². The fraction of sp³-hybridized carbons (Fsp3) is 0.444. The topological polar surface area (TPSA) is 67.6 Å². The van der Waals surface area contributed by atoms with Gasteiger partial charge in [-0.3, -0.25) is 14.7 Å². The molecule has 2 aliphatic rings. The Labute approximate surface area is 140 Å². The number of hydrogen-bond donors (Lipinski definition) is 1. The van der Waals surface area contributed by atoms with Crippen LogP contribution in [0.4, 0.5) is 0 Å². The maximum absolute atomic E-state index is 12.2. The Morgan fingerprint density at radius 2 is 2.38 bits per heavy atom. The van der Waals surface area contributed by atoms with Crippen LogP contribution in [0.2, 0.25) is 0 Å². The number of rotatable bonds is 5. The molecule has 2 atom stereocenters. The molecule has 0 aliphatic carbocycles. The highest BCUT2D eigenvalue weighted by atomic mass is 16.5. The van der Waals surface area contributed by atoms with Crippen molar-refractivity contribution in [3.8, 4) is 0 Å². The third-order valence-corrected chi connectivity index (χ3v) is 5.07. The maximum atomic E-state index is 12.2. The Bertz CT molecular complexity index is 689. The smallest absolute Gasteiger partial charge is 0.286 e. The standard InChI is InChI=1S/C18H21N3O3/c22-17(16-4-2-6-24-16)20-11-18-12-21(9-15(18)10-23-13-18)8-14-3-1-5-19-7-14/h1-7,15H,8-13H2,(H,20,22)/t15-,18+/m0/s1. The molecule has 2 aromatic heterocycles. The van der Waals surface area contributed by atoms with Crippen molar-refractivity contribution < 1.29 is 13.9 Å². The molecule has 6 heteroatoms. The Kier molecular flexibility index (Phi) is 4.08. The van der Waals surface area contributed by atoms with Gasteiger partial charge in [-0.15, -0.1) is 0 Å². The third kappa shape index (κ3) is 2.95. The summed E-state index contributed by atoms with van der Waals surface area (Å²) in [6.45, 7) is 4.87. The first-order chi connectivity index (χ1) is 11.8. The van der Waals surface area contributed by atoms with Crippen molar-refractivity contribution in [2.75, 3.05) is 32.8 Å². The van der Waals surface area contributed by atoms with Crippen LogP contribution >= 0.6 is 0 Å². The highest BCUT2D eigenvalue weighted by Gasteiger charge is 2.50. The molecular weight excluding hydrogens is 306 g/mol. The zero-order valence-corrected chi connectivity index (χ0v) is 13.5. The summed E-state index contributed by atoms with van der Waals surface area (Å²) in [5, 5.41) is 3.02. The van der Waals surface area contributed by atoms with Gasteiger partial charge in [-0.05, 0) is 23.8 Å². The minimum Gasteiger partial charge on any atom is -0.459 e. The molecule has 0 spiro atoms. The van der Waals surface area contributed by atoms with E-state index < -0.39 is 0 Å². The number of aromatic nitrogens is 1. The quantitative estimate of drug-likeness (QED) is 0.902. The molecule has 0 saturated carbocycles. The summed E-state index contributed by atoms with van der Waals surface area (Å²) in [6, 6.07) is 7.47. The zero-order chi connectivity index (χ0) is 16.4. The van der Waals surface area contributed by atoms with Crippen LogP contribution in [-0.4, -0.2) is 48.6 Å². The molecule has 2 fully saturated rings. The second kappa shape index (κ2) is 6.37. The fourth-order valence-electron chi connectivity index (χ4n) is 3.81. The Morgan fingerprint density at radius 3 is 3.17 bits per heavy atom. The molecule has 6 nitrogen and oxygen atoms in total. The highest BCUT2D eigenvalue weighted by molar-refractivity contribution is 5.91. The van der Waals surface area contributed by atoms with E-state index in [1.807, 2.05) is 12.3 Å². The van der Waals surface area contributed by atoms with Gasteiger partial charge in [0.2, 0.25) is 0 Å². The van der Waals surface area contributed by atoms with Crippen molar-refractivity contribution in [1.29, 1.82) is 0 Å². The number of furan rings is 1. The molecule has 0 unspecified atom stereocenters. The lowest BCUT2D eigenvalue weighted by Gasteiger charge is -2.27. The normalized spacial score (nSPS) is 26.4. The number of likely N-dealkylation sites (tertiary alicyclic amines) is 1. The zero-order valence-electron chi connectivity index (χ0n) is 13.5. The van der Waals surface area contributed by atoms with Crippen molar-refractivity contribution in [1.82, 2.24) is 15.2 Å². The van der Waals surface area contributed by atoms with E-state index in [1.54, 1.807) is 18.3 Å². The van der Waals surface area contributed by atoms with Crippen molar-refractivity contribution in [2.45, 2.75) is 6.54 Å².